The van der Waals surface area contributed by atoms with Gasteiger partial charge in [0.2, 0.25) is 0 Å². The first-order chi connectivity index (χ1) is 7.59. The molecule has 0 bridgehead atoms. The number of aromatic nitrogens is 3. The van der Waals surface area contributed by atoms with Crippen molar-refractivity contribution in [3.8, 4) is 11.1 Å². The van der Waals surface area contributed by atoms with Gasteiger partial charge in [-0.15, -0.1) is 0 Å². The summed E-state index contributed by atoms with van der Waals surface area (Å²) >= 11 is 0. The summed E-state index contributed by atoms with van der Waals surface area (Å²) in [6, 6.07) is 1.84. The summed E-state index contributed by atoms with van der Waals surface area (Å²) in [5.41, 5.74) is 6.55. The summed E-state index contributed by atoms with van der Waals surface area (Å²) in [5.74, 6) is -0.583. The van der Waals surface area contributed by atoms with E-state index < -0.39 is 5.82 Å². The van der Waals surface area contributed by atoms with Crippen LogP contribution in [0.15, 0.2) is 24.7 Å². The molecule has 0 aliphatic heterocycles. The van der Waals surface area contributed by atoms with Crippen LogP contribution in [0.5, 0.6) is 0 Å². The monoisotopic (exact) mass is 220 g/mol. The fourth-order valence-electron chi connectivity index (χ4n) is 1.44. The molecule has 0 spiro atoms. The van der Waals surface area contributed by atoms with Gasteiger partial charge < -0.3 is 5.73 Å². The molecular weight excluding hydrogens is 207 g/mol. The molecule has 0 fully saturated rings. The molecule has 84 valence electrons. The highest BCUT2D eigenvalue weighted by Crippen LogP contribution is 2.24. The first-order valence-corrected chi connectivity index (χ1v) is 5.04. The summed E-state index contributed by atoms with van der Waals surface area (Å²) in [5, 5.41) is 4.15. The Bertz CT molecular complexity index is 504. The number of nitrogen functional groups attached to an aromatic ring is 1. The Labute approximate surface area is 92.9 Å². The van der Waals surface area contributed by atoms with E-state index in [-0.39, 0.29) is 11.9 Å². The molecule has 0 aliphatic rings. The zero-order valence-electron chi connectivity index (χ0n) is 9.18. The van der Waals surface area contributed by atoms with Crippen molar-refractivity contribution in [2.24, 2.45) is 0 Å². The first kappa shape index (κ1) is 10.6. The van der Waals surface area contributed by atoms with E-state index >= 15 is 0 Å². The predicted octanol–water partition coefficient (Wildman–Crippen LogP) is 2.25. The molecule has 2 rings (SSSR count). The molecule has 0 unspecified atom stereocenters. The summed E-state index contributed by atoms with van der Waals surface area (Å²) in [6.07, 6.45) is 4.90. The molecular formula is C11H13FN4. The van der Waals surface area contributed by atoms with E-state index in [9.17, 15) is 4.39 Å². The van der Waals surface area contributed by atoms with Crippen molar-refractivity contribution in [3.63, 3.8) is 0 Å². The topological polar surface area (TPSA) is 56.7 Å². The third kappa shape index (κ3) is 1.76. The van der Waals surface area contributed by atoms with Crippen LogP contribution in [0.1, 0.15) is 19.9 Å². The Balaban J connectivity index is 2.47. The molecule has 0 atom stereocenters. The van der Waals surface area contributed by atoms with Gasteiger partial charge in [-0.25, -0.2) is 9.37 Å². The molecule has 2 heterocycles. The van der Waals surface area contributed by atoms with Gasteiger partial charge in [0.15, 0.2) is 11.6 Å². The minimum absolute atomic E-state index is 0.0882. The lowest BCUT2D eigenvalue weighted by Crippen LogP contribution is -2.00. The van der Waals surface area contributed by atoms with E-state index in [1.807, 2.05) is 13.8 Å². The third-order valence-electron chi connectivity index (χ3n) is 2.36. The first-order valence-electron chi connectivity index (χ1n) is 5.04. The molecule has 5 heteroatoms. The molecule has 2 N–H and O–H groups in total. The highest BCUT2D eigenvalue weighted by Gasteiger charge is 2.11. The zero-order valence-corrected chi connectivity index (χ0v) is 9.18. The van der Waals surface area contributed by atoms with Gasteiger partial charge >= 0.3 is 0 Å². The Morgan fingerprint density at radius 2 is 2.19 bits per heavy atom. The van der Waals surface area contributed by atoms with Crippen LogP contribution in [-0.2, 0) is 0 Å². The number of rotatable bonds is 2. The lowest BCUT2D eigenvalue weighted by molar-refractivity contribution is 0.532. The standard InChI is InChI=1S/C11H13FN4/c1-7(2)16-6-8(5-15-16)9-3-4-14-11(13)10(9)12/h3-7H,1-2H3,(H2,13,14). The summed E-state index contributed by atoms with van der Waals surface area (Å²) in [6.45, 7) is 4.02. The van der Waals surface area contributed by atoms with Crippen LogP contribution in [0.25, 0.3) is 11.1 Å². The second-order valence-electron chi connectivity index (χ2n) is 3.86. The zero-order chi connectivity index (χ0) is 11.7. The predicted molar refractivity (Wildman–Crippen MR) is 60.2 cm³/mol. The second kappa shape index (κ2) is 3.92. The van der Waals surface area contributed by atoms with Gasteiger partial charge in [-0.1, -0.05) is 0 Å². The van der Waals surface area contributed by atoms with E-state index in [1.54, 1.807) is 23.1 Å². The van der Waals surface area contributed by atoms with Gasteiger partial charge in [0.1, 0.15) is 0 Å². The molecule has 0 saturated carbocycles. The lowest BCUT2D eigenvalue weighted by atomic mass is 10.1. The van der Waals surface area contributed by atoms with E-state index in [0.29, 0.717) is 11.1 Å². The van der Waals surface area contributed by atoms with Crippen molar-refractivity contribution in [1.82, 2.24) is 14.8 Å². The van der Waals surface area contributed by atoms with Crippen molar-refractivity contribution in [1.29, 1.82) is 0 Å². The molecule has 4 nitrogen and oxygen atoms in total. The number of hydrogen-bond donors (Lipinski definition) is 1. The molecule has 2 aromatic heterocycles. The van der Waals surface area contributed by atoms with Crippen molar-refractivity contribution >= 4 is 5.82 Å². The molecule has 0 aromatic carbocycles. The van der Waals surface area contributed by atoms with Crippen LogP contribution in [-0.4, -0.2) is 14.8 Å². The highest BCUT2D eigenvalue weighted by atomic mass is 19.1. The van der Waals surface area contributed by atoms with E-state index in [2.05, 4.69) is 10.1 Å². The fourth-order valence-corrected chi connectivity index (χ4v) is 1.44. The molecule has 0 amide bonds. The quantitative estimate of drug-likeness (QED) is 0.844. The maximum Gasteiger partial charge on any atom is 0.173 e. The Kier molecular flexibility index (Phi) is 2.60. The van der Waals surface area contributed by atoms with Gasteiger partial charge in [-0.3, -0.25) is 4.68 Å². The average molecular weight is 220 g/mol. The van der Waals surface area contributed by atoms with Crippen LogP contribution in [0.3, 0.4) is 0 Å². The number of pyridine rings is 1. The summed E-state index contributed by atoms with van der Waals surface area (Å²) < 4.78 is 15.4. The van der Waals surface area contributed by atoms with Gasteiger partial charge in [0, 0.05) is 29.6 Å². The largest absolute Gasteiger partial charge is 0.381 e. The molecule has 0 radical (unpaired) electrons. The molecule has 0 aliphatic carbocycles. The number of anilines is 1. The van der Waals surface area contributed by atoms with Crippen LogP contribution in [0.4, 0.5) is 10.2 Å². The van der Waals surface area contributed by atoms with Gasteiger partial charge in [0.25, 0.3) is 0 Å². The van der Waals surface area contributed by atoms with Crippen molar-refractivity contribution in [3.05, 3.63) is 30.5 Å². The Morgan fingerprint density at radius 3 is 2.81 bits per heavy atom. The van der Waals surface area contributed by atoms with Crippen molar-refractivity contribution in [2.45, 2.75) is 19.9 Å². The number of hydrogen-bond acceptors (Lipinski definition) is 3. The van der Waals surface area contributed by atoms with Crippen LogP contribution < -0.4 is 5.73 Å². The Morgan fingerprint density at radius 1 is 1.44 bits per heavy atom. The number of halogens is 1. The molecule has 16 heavy (non-hydrogen) atoms. The lowest BCUT2D eigenvalue weighted by Gasteiger charge is -2.04. The highest BCUT2D eigenvalue weighted by molar-refractivity contribution is 5.65. The summed E-state index contributed by atoms with van der Waals surface area (Å²) in [7, 11) is 0. The number of nitrogens with zero attached hydrogens (tertiary/aromatic N) is 3. The van der Waals surface area contributed by atoms with Crippen LogP contribution in [0.2, 0.25) is 0 Å². The number of nitrogens with two attached hydrogens (primary N) is 1. The van der Waals surface area contributed by atoms with Crippen LogP contribution >= 0.6 is 0 Å². The van der Waals surface area contributed by atoms with Crippen molar-refractivity contribution < 1.29 is 4.39 Å². The SMILES string of the molecule is CC(C)n1cc(-c2ccnc(N)c2F)cn1. The Hall–Kier alpha value is -1.91. The van der Waals surface area contributed by atoms with E-state index in [4.69, 9.17) is 5.73 Å². The maximum absolute atomic E-state index is 13.7. The minimum Gasteiger partial charge on any atom is -0.381 e. The normalized spacial score (nSPS) is 11.0. The fraction of sp³-hybridized carbons (Fsp3) is 0.273. The average Bonchev–Trinajstić information content (AvgIpc) is 2.71. The van der Waals surface area contributed by atoms with E-state index in [1.165, 1.54) is 6.20 Å². The smallest absolute Gasteiger partial charge is 0.173 e. The molecule has 2 aromatic rings. The second-order valence-corrected chi connectivity index (χ2v) is 3.86. The summed E-state index contributed by atoms with van der Waals surface area (Å²) in [4.78, 5) is 3.68. The van der Waals surface area contributed by atoms with E-state index in [0.717, 1.165) is 0 Å². The van der Waals surface area contributed by atoms with Gasteiger partial charge in [-0.2, -0.15) is 5.10 Å². The third-order valence-corrected chi connectivity index (χ3v) is 2.36. The van der Waals surface area contributed by atoms with Gasteiger partial charge in [0.05, 0.1) is 6.20 Å². The minimum atomic E-state index is -0.495. The van der Waals surface area contributed by atoms with Crippen molar-refractivity contribution in [2.75, 3.05) is 5.73 Å². The van der Waals surface area contributed by atoms with Gasteiger partial charge in [-0.05, 0) is 19.9 Å². The maximum atomic E-state index is 13.7. The van der Waals surface area contributed by atoms with Crippen LogP contribution in [0, 0.1) is 5.82 Å². The molecule has 0 saturated heterocycles.